The molecule has 25 heavy (non-hydrogen) atoms. The van der Waals surface area contributed by atoms with Crippen LogP contribution in [0.4, 0.5) is 13.2 Å². The molecule has 8 heteroatoms. The SMILES string of the molecule is CC(C)N(CCSc1nc(-c2cccs2)cc(C(F)(F)F)n1)C(C)C. The monoisotopic (exact) mass is 389 g/mol. The fourth-order valence-corrected chi connectivity index (χ4v) is 4.04. The molecule has 0 fully saturated rings. The van der Waals surface area contributed by atoms with Crippen molar-refractivity contribution in [3.05, 3.63) is 29.3 Å². The van der Waals surface area contributed by atoms with Gasteiger partial charge < -0.3 is 0 Å². The minimum absolute atomic E-state index is 0.172. The van der Waals surface area contributed by atoms with Crippen LogP contribution in [0.1, 0.15) is 33.4 Å². The number of halogens is 3. The van der Waals surface area contributed by atoms with Gasteiger partial charge in [0.15, 0.2) is 5.16 Å². The van der Waals surface area contributed by atoms with Crippen molar-refractivity contribution < 1.29 is 13.2 Å². The van der Waals surface area contributed by atoms with Crippen LogP contribution >= 0.6 is 23.1 Å². The predicted octanol–water partition coefficient (Wildman–Crippen LogP) is 5.43. The molecule has 0 radical (unpaired) electrons. The third-order valence-corrected chi connectivity index (χ3v) is 5.40. The zero-order chi connectivity index (χ0) is 18.6. The lowest BCUT2D eigenvalue weighted by Crippen LogP contribution is -2.38. The van der Waals surface area contributed by atoms with Gasteiger partial charge in [-0.05, 0) is 45.2 Å². The number of hydrogen-bond donors (Lipinski definition) is 0. The molecule has 2 rings (SSSR count). The summed E-state index contributed by atoms with van der Waals surface area (Å²) >= 11 is 2.63. The zero-order valence-electron chi connectivity index (χ0n) is 14.7. The van der Waals surface area contributed by atoms with Gasteiger partial charge in [-0.25, -0.2) is 9.97 Å². The third-order valence-electron chi connectivity index (χ3n) is 3.68. The molecule has 0 amide bonds. The van der Waals surface area contributed by atoms with Gasteiger partial charge in [0.05, 0.1) is 10.6 Å². The van der Waals surface area contributed by atoms with E-state index in [4.69, 9.17) is 0 Å². The molecule has 0 spiro atoms. The highest BCUT2D eigenvalue weighted by molar-refractivity contribution is 7.99. The average Bonchev–Trinajstić information content (AvgIpc) is 3.04. The van der Waals surface area contributed by atoms with Gasteiger partial charge in [-0.1, -0.05) is 17.8 Å². The quantitative estimate of drug-likeness (QED) is 0.466. The van der Waals surface area contributed by atoms with Crippen molar-refractivity contribution in [2.75, 3.05) is 12.3 Å². The fraction of sp³-hybridized carbons (Fsp3) is 0.529. The average molecular weight is 390 g/mol. The lowest BCUT2D eigenvalue weighted by molar-refractivity contribution is -0.141. The summed E-state index contributed by atoms with van der Waals surface area (Å²) in [5.41, 5.74) is -0.567. The standard InChI is InChI=1S/C17H22F3N3S2/c1-11(2)23(12(3)4)7-9-25-16-21-13(14-6-5-8-24-14)10-15(22-16)17(18,19)20/h5-6,8,10-12H,7,9H2,1-4H3. The lowest BCUT2D eigenvalue weighted by Gasteiger charge is -2.30. The first-order chi connectivity index (χ1) is 11.7. The summed E-state index contributed by atoms with van der Waals surface area (Å²) < 4.78 is 39.4. The van der Waals surface area contributed by atoms with E-state index in [1.165, 1.54) is 23.1 Å². The molecule has 138 valence electrons. The molecule has 3 nitrogen and oxygen atoms in total. The molecule has 0 bridgehead atoms. The maximum atomic E-state index is 13.1. The topological polar surface area (TPSA) is 29.0 Å². The van der Waals surface area contributed by atoms with Gasteiger partial charge in [0, 0.05) is 24.4 Å². The number of hydrogen-bond acceptors (Lipinski definition) is 5. The normalized spacial score (nSPS) is 12.6. The molecule has 0 saturated heterocycles. The maximum Gasteiger partial charge on any atom is 0.433 e. The van der Waals surface area contributed by atoms with Crippen molar-refractivity contribution in [2.45, 2.75) is 51.1 Å². The van der Waals surface area contributed by atoms with Crippen LogP contribution in [0, 0.1) is 0 Å². The van der Waals surface area contributed by atoms with E-state index in [2.05, 4.69) is 42.6 Å². The van der Waals surface area contributed by atoms with Crippen LogP contribution in [0.3, 0.4) is 0 Å². The Hall–Kier alpha value is -1.12. The highest BCUT2D eigenvalue weighted by Crippen LogP contribution is 2.33. The van der Waals surface area contributed by atoms with Gasteiger partial charge in [-0.15, -0.1) is 11.3 Å². The number of thioether (sulfide) groups is 1. The van der Waals surface area contributed by atoms with Crippen molar-refractivity contribution in [1.29, 1.82) is 0 Å². The van der Waals surface area contributed by atoms with Crippen LogP contribution in [-0.4, -0.2) is 39.2 Å². The molecule has 0 saturated carbocycles. The van der Waals surface area contributed by atoms with Crippen molar-refractivity contribution in [2.24, 2.45) is 0 Å². The van der Waals surface area contributed by atoms with Crippen LogP contribution in [0.5, 0.6) is 0 Å². The van der Waals surface area contributed by atoms with Gasteiger partial charge in [0.2, 0.25) is 0 Å². The van der Waals surface area contributed by atoms with E-state index in [1.807, 2.05) is 5.38 Å². The Bertz CT molecular complexity index is 662. The van der Waals surface area contributed by atoms with E-state index in [0.717, 1.165) is 12.6 Å². The Morgan fingerprint density at radius 3 is 2.36 bits per heavy atom. The van der Waals surface area contributed by atoms with E-state index in [9.17, 15) is 13.2 Å². The Morgan fingerprint density at radius 2 is 1.84 bits per heavy atom. The molecule has 0 aliphatic heterocycles. The number of thiophene rings is 1. The van der Waals surface area contributed by atoms with Crippen molar-refractivity contribution >= 4 is 23.1 Å². The summed E-state index contributed by atoms with van der Waals surface area (Å²) in [5.74, 6) is 0.640. The lowest BCUT2D eigenvalue weighted by atomic mass is 10.2. The van der Waals surface area contributed by atoms with E-state index in [-0.39, 0.29) is 5.16 Å². The van der Waals surface area contributed by atoms with E-state index in [0.29, 0.717) is 28.4 Å². The largest absolute Gasteiger partial charge is 0.433 e. The number of aromatic nitrogens is 2. The highest BCUT2D eigenvalue weighted by Gasteiger charge is 2.34. The molecule has 0 unspecified atom stereocenters. The second-order valence-electron chi connectivity index (χ2n) is 6.17. The molecule has 0 N–H and O–H groups in total. The van der Waals surface area contributed by atoms with Crippen molar-refractivity contribution in [1.82, 2.24) is 14.9 Å². The first kappa shape index (κ1) is 20.2. The Balaban J connectivity index is 2.18. The van der Waals surface area contributed by atoms with E-state index in [1.54, 1.807) is 12.1 Å². The number of nitrogens with zero attached hydrogens (tertiary/aromatic N) is 3. The minimum atomic E-state index is -4.48. The first-order valence-corrected chi connectivity index (χ1v) is 9.93. The Morgan fingerprint density at radius 1 is 1.16 bits per heavy atom. The zero-order valence-corrected chi connectivity index (χ0v) is 16.3. The molecule has 0 aliphatic rings. The summed E-state index contributed by atoms with van der Waals surface area (Å²) in [7, 11) is 0. The molecule has 0 aliphatic carbocycles. The minimum Gasteiger partial charge on any atom is -0.298 e. The Kier molecular flexibility index (Phi) is 6.87. The van der Waals surface area contributed by atoms with Gasteiger partial charge in [-0.2, -0.15) is 13.2 Å². The molecule has 0 aromatic carbocycles. The molecule has 2 aromatic heterocycles. The maximum absolute atomic E-state index is 13.1. The first-order valence-electron chi connectivity index (χ1n) is 8.07. The predicted molar refractivity (Wildman–Crippen MR) is 98.0 cm³/mol. The molecular weight excluding hydrogens is 367 g/mol. The van der Waals surface area contributed by atoms with Crippen molar-refractivity contribution in [3.63, 3.8) is 0 Å². The van der Waals surface area contributed by atoms with Crippen LogP contribution in [0.25, 0.3) is 10.6 Å². The second kappa shape index (κ2) is 8.51. The summed E-state index contributed by atoms with van der Waals surface area (Å²) in [5, 5.41) is 1.99. The molecule has 2 aromatic rings. The van der Waals surface area contributed by atoms with Gasteiger partial charge >= 0.3 is 6.18 Å². The number of alkyl halides is 3. The fourth-order valence-electron chi connectivity index (χ4n) is 2.54. The van der Waals surface area contributed by atoms with Crippen LogP contribution in [-0.2, 0) is 6.18 Å². The molecular formula is C17H22F3N3S2. The Labute approximate surface area is 154 Å². The molecule has 0 atom stereocenters. The number of rotatable bonds is 7. The van der Waals surface area contributed by atoms with E-state index >= 15 is 0 Å². The second-order valence-corrected chi connectivity index (χ2v) is 8.18. The van der Waals surface area contributed by atoms with E-state index < -0.39 is 11.9 Å². The van der Waals surface area contributed by atoms with Crippen LogP contribution in [0.2, 0.25) is 0 Å². The summed E-state index contributed by atoms with van der Waals surface area (Å²) in [6.45, 7) is 9.22. The highest BCUT2D eigenvalue weighted by atomic mass is 32.2. The molecule has 2 heterocycles. The summed E-state index contributed by atoms with van der Waals surface area (Å²) in [6, 6.07) is 5.34. The van der Waals surface area contributed by atoms with Gasteiger partial charge in [-0.3, -0.25) is 4.90 Å². The van der Waals surface area contributed by atoms with Crippen LogP contribution < -0.4 is 0 Å². The van der Waals surface area contributed by atoms with Gasteiger partial charge in [0.1, 0.15) is 5.69 Å². The van der Waals surface area contributed by atoms with Gasteiger partial charge in [0.25, 0.3) is 0 Å². The smallest absolute Gasteiger partial charge is 0.298 e. The third kappa shape index (κ3) is 5.69. The summed E-state index contributed by atoms with van der Waals surface area (Å²) in [4.78, 5) is 11.0. The van der Waals surface area contributed by atoms with Crippen molar-refractivity contribution in [3.8, 4) is 10.6 Å². The summed E-state index contributed by atoms with van der Waals surface area (Å²) in [6.07, 6.45) is -4.48. The van der Waals surface area contributed by atoms with Crippen LogP contribution in [0.15, 0.2) is 28.7 Å².